The van der Waals surface area contributed by atoms with Crippen molar-refractivity contribution in [1.29, 1.82) is 0 Å². The van der Waals surface area contributed by atoms with E-state index in [0.29, 0.717) is 26.3 Å². The molecule has 1 aromatic heterocycles. The van der Waals surface area contributed by atoms with E-state index in [1.807, 2.05) is 28.9 Å². The van der Waals surface area contributed by atoms with Gasteiger partial charge in [-0.25, -0.2) is 4.98 Å². The van der Waals surface area contributed by atoms with Crippen LogP contribution in [0.2, 0.25) is 0 Å². The van der Waals surface area contributed by atoms with Gasteiger partial charge in [0.05, 0.1) is 36.8 Å². The molecule has 3 heterocycles. The van der Waals surface area contributed by atoms with Crippen LogP contribution in [0.4, 0.5) is 0 Å². The molecular weight excluding hydrogens is 328 g/mol. The van der Waals surface area contributed by atoms with E-state index in [-0.39, 0.29) is 11.8 Å². The standard InChI is InChI=1S/C20H26N4O2/c1-22-15-21-18-14-23(8-7-16-5-3-2-4-6-16)13-17(19(18)22)20(25)24-9-11-26-12-10-24/h2-6,15,17H,7-14H2,1H3/t17-/m1/s1. The molecule has 4 rings (SSSR count). The highest BCUT2D eigenvalue weighted by molar-refractivity contribution is 5.84. The highest BCUT2D eigenvalue weighted by Gasteiger charge is 2.36. The average Bonchev–Trinajstić information content (AvgIpc) is 3.07. The molecule has 0 aliphatic carbocycles. The molecule has 2 aliphatic heterocycles. The van der Waals surface area contributed by atoms with Crippen molar-refractivity contribution in [1.82, 2.24) is 19.4 Å². The Morgan fingerprint density at radius 2 is 2.00 bits per heavy atom. The van der Waals surface area contributed by atoms with E-state index >= 15 is 0 Å². The predicted octanol–water partition coefficient (Wildman–Crippen LogP) is 1.42. The molecule has 0 N–H and O–H groups in total. The Bertz CT molecular complexity index is 752. The summed E-state index contributed by atoms with van der Waals surface area (Å²) in [6.07, 6.45) is 2.83. The monoisotopic (exact) mass is 354 g/mol. The van der Waals surface area contributed by atoms with Gasteiger partial charge in [0.2, 0.25) is 5.91 Å². The van der Waals surface area contributed by atoms with E-state index in [9.17, 15) is 4.79 Å². The largest absolute Gasteiger partial charge is 0.378 e. The van der Waals surface area contributed by atoms with Gasteiger partial charge in [0.15, 0.2) is 0 Å². The Labute approximate surface area is 154 Å². The number of nitrogens with zero attached hydrogens (tertiary/aromatic N) is 4. The van der Waals surface area contributed by atoms with Crippen molar-refractivity contribution in [2.24, 2.45) is 7.05 Å². The fraction of sp³-hybridized carbons (Fsp3) is 0.500. The molecule has 26 heavy (non-hydrogen) atoms. The van der Waals surface area contributed by atoms with Gasteiger partial charge in [0.25, 0.3) is 0 Å². The number of imidazole rings is 1. The maximum absolute atomic E-state index is 13.2. The number of fused-ring (bicyclic) bond motifs is 1. The van der Waals surface area contributed by atoms with E-state index in [1.54, 1.807) is 0 Å². The molecule has 1 fully saturated rings. The van der Waals surface area contributed by atoms with E-state index in [2.05, 4.69) is 34.1 Å². The van der Waals surface area contributed by atoms with Gasteiger partial charge in [0, 0.05) is 39.8 Å². The van der Waals surface area contributed by atoms with Gasteiger partial charge in [-0.15, -0.1) is 0 Å². The number of rotatable bonds is 4. The van der Waals surface area contributed by atoms with Gasteiger partial charge < -0.3 is 14.2 Å². The summed E-state index contributed by atoms with van der Waals surface area (Å²) in [7, 11) is 1.99. The Balaban J connectivity index is 1.50. The van der Waals surface area contributed by atoms with Gasteiger partial charge in [-0.2, -0.15) is 0 Å². The van der Waals surface area contributed by atoms with E-state index in [0.717, 1.165) is 37.4 Å². The van der Waals surface area contributed by atoms with E-state index in [1.165, 1.54) is 5.56 Å². The minimum atomic E-state index is -0.139. The maximum Gasteiger partial charge on any atom is 0.233 e. The molecule has 138 valence electrons. The van der Waals surface area contributed by atoms with Crippen LogP contribution < -0.4 is 0 Å². The van der Waals surface area contributed by atoms with Crippen molar-refractivity contribution >= 4 is 5.91 Å². The van der Waals surface area contributed by atoms with Gasteiger partial charge in [-0.1, -0.05) is 30.3 Å². The first-order valence-electron chi connectivity index (χ1n) is 9.35. The summed E-state index contributed by atoms with van der Waals surface area (Å²) in [6, 6.07) is 10.5. The zero-order valence-electron chi connectivity index (χ0n) is 15.3. The van der Waals surface area contributed by atoms with Crippen molar-refractivity contribution in [2.75, 3.05) is 39.4 Å². The molecule has 1 saturated heterocycles. The molecule has 0 saturated carbocycles. The number of carbonyl (C=O) groups is 1. The van der Waals surface area contributed by atoms with Crippen LogP contribution in [0.15, 0.2) is 36.7 Å². The van der Waals surface area contributed by atoms with E-state index < -0.39 is 0 Å². The van der Waals surface area contributed by atoms with Gasteiger partial charge in [0.1, 0.15) is 0 Å². The first-order chi connectivity index (χ1) is 12.7. The summed E-state index contributed by atoms with van der Waals surface area (Å²) < 4.78 is 7.42. The van der Waals surface area contributed by atoms with Crippen LogP contribution in [0.5, 0.6) is 0 Å². The van der Waals surface area contributed by atoms with Crippen LogP contribution in [-0.4, -0.2) is 64.7 Å². The number of aryl methyl sites for hydroxylation is 1. The third-order valence-electron chi connectivity index (χ3n) is 5.39. The molecule has 1 amide bonds. The average molecular weight is 354 g/mol. The quantitative estimate of drug-likeness (QED) is 0.833. The Kier molecular flexibility index (Phi) is 5.04. The third-order valence-corrected chi connectivity index (χ3v) is 5.39. The number of aromatic nitrogens is 2. The number of carbonyl (C=O) groups excluding carboxylic acids is 1. The molecule has 0 spiro atoms. The van der Waals surface area contributed by atoms with Crippen molar-refractivity contribution < 1.29 is 9.53 Å². The van der Waals surface area contributed by atoms with Crippen LogP contribution in [0.25, 0.3) is 0 Å². The molecule has 2 aromatic rings. The Morgan fingerprint density at radius 1 is 1.23 bits per heavy atom. The van der Waals surface area contributed by atoms with Crippen molar-refractivity contribution in [3.05, 3.63) is 53.6 Å². The van der Waals surface area contributed by atoms with Gasteiger partial charge in [-0.3, -0.25) is 9.69 Å². The highest BCUT2D eigenvalue weighted by Crippen LogP contribution is 2.29. The van der Waals surface area contributed by atoms with E-state index in [4.69, 9.17) is 4.74 Å². The lowest BCUT2D eigenvalue weighted by Crippen LogP contribution is -2.47. The summed E-state index contributed by atoms with van der Waals surface area (Å²) in [5, 5.41) is 0. The number of benzene rings is 1. The molecule has 0 unspecified atom stereocenters. The minimum absolute atomic E-state index is 0.139. The second kappa shape index (κ2) is 7.60. The molecular formula is C20H26N4O2. The number of hydrogen-bond donors (Lipinski definition) is 0. The lowest BCUT2D eigenvalue weighted by atomic mass is 9.95. The van der Waals surface area contributed by atoms with Crippen LogP contribution in [0.1, 0.15) is 22.9 Å². The summed E-state index contributed by atoms with van der Waals surface area (Å²) >= 11 is 0. The minimum Gasteiger partial charge on any atom is -0.378 e. The maximum atomic E-state index is 13.2. The number of ether oxygens (including phenoxy) is 1. The molecule has 1 aromatic carbocycles. The molecule has 0 bridgehead atoms. The van der Waals surface area contributed by atoms with Gasteiger partial charge >= 0.3 is 0 Å². The van der Waals surface area contributed by atoms with Gasteiger partial charge in [-0.05, 0) is 12.0 Å². The molecule has 1 atom stereocenters. The van der Waals surface area contributed by atoms with Crippen LogP contribution in [0, 0.1) is 0 Å². The van der Waals surface area contributed by atoms with Crippen molar-refractivity contribution in [3.63, 3.8) is 0 Å². The molecule has 2 aliphatic rings. The summed E-state index contributed by atoms with van der Waals surface area (Å²) in [5.41, 5.74) is 3.45. The molecule has 6 nitrogen and oxygen atoms in total. The normalized spacial score (nSPS) is 20.8. The Morgan fingerprint density at radius 3 is 2.77 bits per heavy atom. The topological polar surface area (TPSA) is 50.6 Å². The van der Waals surface area contributed by atoms with Crippen LogP contribution in [0.3, 0.4) is 0 Å². The first kappa shape index (κ1) is 17.2. The fourth-order valence-corrected chi connectivity index (χ4v) is 3.98. The second-order valence-electron chi connectivity index (χ2n) is 7.15. The van der Waals surface area contributed by atoms with Crippen molar-refractivity contribution in [3.8, 4) is 0 Å². The Hall–Kier alpha value is -2.18. The molecule has 0 radical (unpaired) electrons. The number of hydrogen-bond acceptors (Lipinski definition) is 4. The summed E-state index contributed by atoms with van der Waals surface area (Å²) in [6.45, 7) is 5.15. The summed E-state index contributed by atoms with van der Waals surface area (Å²) in [5.74, 6) is 0.0719. The van der Waals surface area contributed by atoms with Crippen LogP contribution in [-0.2, 0) is 29.5 Å². The summed E-state index contributed by atoms with van der Waals surface area (Å²) in [4.78, 5) is 22.1. The first-order valence-corrected chi connectivity index (χ1v) is 9.35. The second-order valence-corrected chi connectivity index (χ2v) is 7.15. The smallest absolute Gasteiger partial charge is 0.233 e. The SMILES string of the molecule is Cn1cnc2c1[C@H](C(=O)N1CCOCC1)CN(CCc1ccccc1)C2. The van der Waals surface area contributed by atoms with Crippen LogP contribution >= 0.6 is 0 Å². The lowest BCUT2D eigenvalue weighted by molar-refractivity contribution is -0.137. The zero-order valence-corrected chi connectivity index (χ0v) is 15.3. The fourth-order valence-electron chi connectivity index (χ4n) is 3.98. The third kappa shape index (κ3) is 3.52. The molecule has 6 heteroatoms. The van der Waals surface area contributed by atoms with Crippen molar-refractivity contribution in [2.45, 2.75) is 18.9 Å². The number of amides is 1. The number of morpholine rings is 1. The zero-order chi connectivity index (χ0) is 17.9. The lowest BCUT2D eigenvalue weighted by Gasteiger charge is -2.36. The predicted molar refractivity (Wildman–Crippen MR) is 98.8 cm³/mol. The highest BCUT2D eigenvalue weighted by atomic mass is 16.5.